The van der Waals surface area contributed by atoms with Gasteiger partial charge in [-0.05, 0) is 23.4 Å². The van der Waals surface area contributed by atoms with E-state index >= 15 is 0 Å². The third-order valence-corrected chi connectivity index (χ3v) is 4.05. The fourth-order valence-electron chi connectivity index (χ4n) is 2.42. The fraction of sp³-hybridized carbons (Fsp3) is 0.0714. The molecule has 0 saturated carbocycles. The summed E-state index contributed by atoms with van der Waals surface area (Å²) in [5.41, 5.74) is 2.71. The van der Waals surface area contributed by atoms with Crippen LogP contribution in [-0.2, 0) is 0 Å². The van der Waals surface area contributed by atoms with Gasteiger partial charge in [-0.25, -0.2) is 0 Å². The third-order valence-electron chi connectivity index (χ3n) is 3.23. The van der Waals surface area contributed by atoms with Crippen LogP contribution in [0, 0.1) is 10.1 Å². The van der Waals surface area contributed by atoms with Crippen LogP contribution in [0.5, 0.6) is 0 Å². The predicted octanol–water partition coefficient (Wildman–Crippen LogP) is 3.53. The van der Waals surface area contributed by atoms with Crippen molar-refractivity contribution in [3.63, 3.8) is 0 Å². The molecule has 19 heavy (non-hydrogen) atoms. The zero-order chi connectivity index (χ0) is 13.6. The summed E-state index contributed by atoms with van der Waals surface area (Å²) in [6, 6.07) is 10.4. The van der Waals surface area contributed by atoms with E-state index in [1.807, 2.05) is 12.1 Å². The minimum absolute atomic E-state index is 0.00703. The van der Waals surface area contributed by atoms with E-state index in [2.05, 4.69) is 0 Å². The van der Waals surface area contributed by atoms with Gasteiger partial charge in [0.15, 0.2) is 5.78 Å². The highest BCUT2D eigenvalue weighted by Gasteiger charge is 2.32. The van der Waals surface area contributed by atoms with Gasteiger partial charge >= 0.3 is 0 Å². The van der Waals surface area contributed by atoms with Crippen molar-refractivity contribution in [3.8, 4) is 11.1 Å². The lowest BCUT2D eigenvalue weighted by Gasteiger charge is -2.05. The molecule has 94 valence electrons. The molecule has 3 rings (SSSR count). The first-order chi connectivity index (χ1) is 9.15. The van der Waals surface area contributed by atoms with E-state index < -0.39 is 4.92 Å². The molecule has 0 radical (unpaired) electrons. The van der Waals surface area contributed by atoms with Gasteiger partial charge in [-0.1, -0.05) is 24.3 Å². The molecule has 0 amide bonds. The third kappa shape index (κ3) is 1.58. The predicted molar refractivity (Wildman–Crippen MR) is 73.7 cm³/mol. The van der Waals surface area contributed by atoms with Crippen LogP contribution in [0.25, 0.3) is 11.1 Å². The molecule has 1 aliphatic carbocycles. The summed E-state index contributed by atoms with van der Waals surface area (Å²) in [4.78, 5) is 23.5. The molecule has 0 unspecified atom stereocenters. The molecule has 0 aromatic heterocycles. The Balaban J connectivity index is 2.36. The van der Waals surface area contributed by atoms with Crippen molar-refractivity contribution in [2.45, 2.75) is 4.90 Å². The molecule has 5 heteroatoms. The second kappa shape index (κ2) is 4.20. The smallest absolute Gasteiger partial charge is 0.283 e. The molecule has 2 aromatic rings. The van der Waals surface area contributed by atoms with Crippen LogP contribution in [-0.4, -0.2) is 17.0 Å². The average Bonchev–Trinajstić information content (AvgIpc) is 2.72. The normalized spacial score (nSPS) is 12.2. The first-order valence-electron chi connectivity index (χ1n) is 5.64. The second-order valence-corrected chi connectivity index (χ2v) is 4.99. The van der Waals surface area contributed by atoms with E-state index in [4.69, 9.17) is 0 Å². The first kappa shape index (κ1) is 11.9. The van der Waals surface area contributed by atoms with E-state index in [1.54, 1.807) is 24.5 Å². The lowest BCUT2D eigenvalue weighted by molar-refractivity contribution is -0.387. The zero-order valence-electron chi connectivity index (χ0n) is 10.0. The maximum absolute atomic E-state index is 12.4. The van der Waals surface area contributed by atoms with Crippen LogP contribution in [0.2, 0.25) is 0 Å². The Bertz CT molecular complexity index is 725. The molecule has 1 aliphatic rings. The Morgan fingerprint density at radius 3 is 2.37 bits per heavy atom. The number of thioether (sulfide) groups is 1. The van der Waals surface area contributed by atoms with Crippen molar-refractivity contribution < 1.29 is 9.72 Å². The van der Waals surface area contributed by atoms with Gasteiger partial charge in [-0.2, -0.15) is 0 Å². The number of nitro benzene ring substituents is 1. The van der Waals surface area contributed by atoms with Crippen LogP contribution in [0.4, 0.5) is 5.69 Å². The molecule has 0 aliphatic heterocycles. The van der Waals surface area contributed by atoms with E-state index in [1.165, 1.54) is 17.8 Å². The second-order valence-electron chi connectivity index (χ2n) is 4.17. The van der Waals surface area contributed by atoms with E-state index in [0.29, 0.717) is 16.0 Å². The van der Waals surface area contributed by atoms with Crippen LogP contribution in [0.3, 0.4) is 0 Å². The lowest BCUT2D eigenvalue weighted by Crippen LogP contribution is -2.00. The van der Waals surface area contributed by atoms with Gasteiger partial charge < -0.3 is 0 Å². The molecule has 4 nitrogen and oxygen atoms in total. The maximum Gasteiger partial charge on any atom is 0.283 e. The molecule has 0 spiro atoms. The molecule has 0 atom stereocenters. The molecule has 0 fully saturated rings. The van der Waals surface area contributed by atoms with Crippen LogP contribution in [0.15, 0.2) is 41.3 Å². The highest BCUT2D eigenvalue weighted by molar-refractivity contribution is 7.98. The fourth-order valence-corrected chi connectivity index (χ4v) is 3.18. The van der Waals surface area contributed by atoms with Gasteiger partial charge in [-0.3, -0.25) is 14.9 Å². The Hall–Kier alpha value is -2.14. The average molecular weight is 271 g/mol. The summed E-state index contributed by atoms with van der Waals surface area (Å²) < 4.78 is 0. The SMILES string of the molecule is CSc1c([N+](=O)[O-])ccc2c1C(=O)c1ccccc1-2. The Morgan fingerprint density at radius 2 is 1.74 bits per heavy atom. The van der Waals surface area contributed by atoms with Crippen molar-refractivity contribution in [2.24, 2.45) is 0 Å². The topological polar surface area (TPSA) is 60.2 Å². The molecule has 0 bridgehead atoms. The molecule has 2 aromatic carbocycles. The quantitative estimate of drug-likeness (QED) is 0.406. The van der Waals surface area contributed by atoms with Crippen molar-refractivity contribution in [1.82, 2.24) is 0 Å². The summed E-state index contributed by atoms with van der Waals surface area (Å²) in [5, 5.41) is 11.0. The van der Waals surface area contributed by atoms with Crippen molar-refractivity contribution in [2.75, 3.05) is 6.26 Å². The van der Waals surface area contributed by atoms with Crippen molar-refractivity contribution in [3.05, 3.63) is 57.6 Å². The van der Waals surface area contributed by atoms with Crippen molar-refractivity contribution in [1.29, 1.82) is 0 Å². The number of ketones is 1. The lowest BCUT2D eigenvalue weighted by atomic mass is 10.1. The summed E-state index contributed by atoms with van der Waals surface area (Å²) in [6.45, 7) is 0. The monoisotopic (exact) mass is 271 g/mol. The minimum atomic E-state index is -0.442. The van der Waals surface area contributed by atoms with Gasteiger partial charge in [0, 0.05) is 11.6 Å². The summed E-state index contributed by atoms with van der Waals surface area (Å²) in [5.74, 6) is -0.126. The Morgan fingerprint density at radius 1 is 1.05 bits per heavy atom. The first-order valence-corrected chi connectivity index (χ1v) is 6.87. The number of fused-ring (bicyclic) bond motifs is 3. The van der Waals surface area contributed by atoms with E-state index in [-0.39, 0.29) is 11.5 Å². The number of nitrogens with zero attached hydrogens (tertiary/aromatic N) is 1. The highest BCUT2D eigenvalue weighted by atomic mass is 32.2. The van der Waals surface area contributed by atoms with Crippen LogP contribution < -0.4 is 0 Å². The molecular weight excluding hydrogens is 262 g/mol. The number of rotatable bonds is 2. The largest absolute Gasteiger partial charge is 0.289 e. The molecular formula is C14H9NO3S. The zero-order valence-corrected chi connectivity index (χ0v) is 10.9. The van der Waals surface area contributed by atoms with Gasteiger partial charge in [0.1, 0.15) is 0 Å². The van der Waals surface area contributed by atoms with Gasteiger partial charge in [0.2, 0.25) is 0 Å². The number of carbonyl (C=O) groups is 1. The number of nitro groups is 1. The number of carbonyl (C=O) groups excluding carboxylic acids is 1. The summed E-state index contributed by atoms with van der Waals surface area (Å²) in [7, 11) is 0. The molecule has 0 heterocycles. The number of benzene rings is 2. The van der Waals surface area contributed by atoms with Gasteiger partial charge in [0.05, 0.1) is 15.4 Å². The highest BCUT2D eigenvalue weighted by Crippen LogP contribution is 2.44. The minimum Gasteiger partial charge on any atom is -0.289 e. The maximum atomic E-state index is 12.4. The van der Waals surface area contributed by atoms with Gasteiger partial charge in [0.25, 0.3) is 5.69 Å². The summed E-state index contributed by atoms with van der Waals surface area (Å²) in [6.07, 6.45) is 1.75. The van der Waals surface area contributed by atoms with Gasteiger partial charge in [-0.15, -0.1) is 11.8 Å². The Kier molecular flexibility index (Phi) is 2.64. The molecule has 0 N–H and O–H groups in total. The van der Waals surface area contributed by atoms with Crippen LogP contribution in [0.1, 0.15) is 15.9 Å². The summed E-state index contributed by atoms with van der Waals surface area (Å²) >= 11 is 1.24. The van der Waals surface area contributed by atoms with Crippen LogP contribution >= 0.6 is 11.8 Å². The number of hydrogen-bond donors (Lipinski definition) is 0. The standard InChI is InChI=1S/C14H9NO3S/c1-19-14-11(15(17)18)7-6-9-8-4-2-3-5-10(8)13(16)12(9)14/h2-7H,1H3. The molecule has 0 saturated heterocycles. The Labute approximate surface area is 113 Å². The van der Waals surface area contributed by atoms with Crippen molar-refractivity contribution >= 4 is 23.2 Å². The van der Waals surface area contributed by atoms with E-state index in [0.717, 1.165) is 11.1 Å². The number of hydrogen-bond acceptors (Lipinski definition) is 4. The van der Waals surface area contributed by atoms with E-state index in [9.17, 15) is 14.9 Å².